The van der Waals surface area contributed by atoms with Gasteiger partial charge in [-0.15, -0.1) is 0 Å². The molecule has 0 unspecified atom stereocenters. The molecular formula is C13H10O3. The van der Waals surface area contributed by atoms with Crippen molar-refractivity contribution >= 4 is 6.29 Å². The van der Waals surface area contributed by atoms with Gasteiger partial charge in [0.05, 0.1) is 5.56 Å². The summed E-state index contributed by atoms with van der Waals surface area (Å²) in [5.41, 5.74) is 1.65. The highest BCUT2D eigenvalue weighted by molar-refractivity contribution is 5.84. The van der Waals surface area contributed by atoms with E-state index >= 15 is 0 Å². The highest BCUT2D eigenvalue weighted by atomic mass is 16.3. The molecule has 0 saturated heterocycles. The van der Waals surface area contributed by atoms with Gasteiger partial charge in [-0.3, -0.25) is 4.79 Å². The summed E-state index contributed by atoms with van der Waals surface area (Å²) >= 11 is 0. The van der Waals surface area contributed by atoms with Gasteiger partial charge in [-0.1, -0.05) is 30.3 Å². The molecule has 0 amide bonds. The van der Waals surface area contributed by atoms with Gasteiger partial charge >= 0.3 is 0 Å². The lowest BCUT2D eigenvalue weighted by Crippen LogP contribution is -1.85. The normalized spacial score (nSPS) is 10.0. The van der Waals surface area contributed by atoms with E-state index < -0.39 is 0 Å². The Labute approximate surface area is 92.6 Å². The smallest absolute Gasteiger partial charge is 0.168 e. The molecule has 0 bridgehead atoms. The molecule has 0 aliphatic rings. The van der Waals surface area contributed by atoms with E-state index in [1.165, 1.54) is 12.1 Å². The quantitative estimate of drug-likeness (QED) is 0.596. The van der Waals surface area contributed by atoms with Gasteiger partial charge in [-0.25, -0.2) is 0 Å². The van der Waals surface area contributed by atoms with E-state index in [0.29, 0.717) is 11.8 Å². The molecule has 2 N–H and O–H groups in total. The Morgan fingerprint density at radius 3 is 2.25 bits per heavy atom. The van der Waals surface area contributed by atoms with E-state index in [9.17, 15) is 15.0 Å². The molecule has 3 heteroatoms. The second kappa shape index (κ2) is 4.06. The molecule has 0 heterocycles. The summed E-state index contributed by atoms with van der Waals surface area (Å²) < 4.78 is 0. The van der Waals surface area contributed by atoms with Crippen LogP contribution in [0.5, 0.6) is 11.5 Å². The molecule has 2 aromatic carbocycles. The summed E-state index contributed by atoms with van der Waals surface area (Å²) in [7, 11) is 0. The maximum Gasteiger partial charge on any atom is 0.168 e. The zero-order valence-electron chi connectivity index (χ0n) is 8.42. The summed E-state index contributed by atoms with van der Waals surface area (Å²) in [6, 6.07) is 12.3. The van der Waals surface area contributed by atoms with E-state index in [1.54, 1.807) is 0 Å². The number of phenolic OH excluding ortho intramolecular Hbond substituents is 2. The van der Waals surface area contributed by atoms with E-state index in [4.69, 9.17) is 0 Å². The van der Waals surface area contributed by atoms with Crippen molar-refractivity contribution in [3.63, 3.8) is 0 Å². The summed E-state index contributed by atoms with van der Waals surface area (Å²) in [5.74, 6) is -0.668. The fraction of sp³-hybridized carbons (Fsp3) is 0. The number of rotatable bonds is 2. The van der Waals surface area contributed by atoms with E-state index in [0.717, 1.165) is 5.56 Å². The van der Waals surface area contributed by atoms with Crippen LogP contribution in [-0.2, 0) is 0 Å². The Kier molecular flexibility index (Phi) is 2.60. The molecule has 0 atom stereocenters. The summed E-state index contributed by atoms with van der Waals surface area (Å²) in [5, 5.41) is 18.9. The minimum Gasteiger partial charge on any atom is -0.504 e. The minimum atomic E-state index is -0.380. The second-order valence-corrected chi connectivity index (χ2v) is 3.42. The minimum absolute atomic E-state index is 0.0823. The Balaban J connectivity index is 2.59. The number of benzene rings is 2. The molecule has 3 nitrogen and oxygen atoms in total. The van der Waals surface area contributed by atoms with Crippen molar-refractivity contribution < 1.29 is 15.0 Å². The van der Waals surface area contributed by atoms with Crippen LogP contribution < -0.4 is 0 Å². The Bertz CT molecular complexity index is 518. The van der Waals surface area contributed by atoms with Gasteiger partial charge < -0.3 is 10.2 Å². The Morgan fingerprint density at radius 1 is 0.938 bits per heavy atom. The van der Waals surface area contributed by atoms with Gasteiger partial charge in [-0.05, 0) is 23.3 Å². The number of aromatic hydroxyl groups is 2. The molecule has 0 radical (unpaired) electrons. The van der Waals surface area contributed by atoms with Crippen molar-refractivity contribution in [2.24, 2.45) is 0 Å². The number of carbonyl (C=O) groups is 1. The van der Waals surface area contributed by atoms with Crippen molar-refractivity contribution in [2.45, 2.75) is 0 Å². The standard InChI is InChI=1S/C13H10O3/c14-8-11-6-10(7-12(15)13(11)16)9-4-2-1-3-5-9/h1-8,15-16H. The first kappa shape index (κ1) is 10.2. The average molecular weight is 214 g/mol. The highest BCUT2D eigenvalue weighted by Crippen LogP contribution is 2.33. The maximum absolute atomic E-state index is 10.7. The van der Waals surface area contributed by atoms with E-state index in [2.05, 4.69) is 0 Å². The third-order valence-corrected chi connectivity index (χ3v) is 2.35. The third-order valence-electron chi connectivity index (χ3n) is 2.35. The van der Waals surface area contributed by atoms with Gasteiger partial charge in [0.25, 0.3) is 0 Å². The zero-order chi connectivity index (χ0) is 11.5. The molecule has 0 spiro atoms. The van der Waals surface area contributed by atoms with Crippen LogP contribution in [0.1, 0.15) is 10.4 Å². The van der Waals surface area contributed by atoms with Crippen LogP contribution in [0.2, 0.25) is 0 Å². The summed E-state index contributed by atoms with van der Waals surface area (Å²) in [6.07, 6.45) is 0.515. The van der Waals surface area contributed by atoms with Crippen molar-refractivity contribution in [3.8, 4) is 22.6 Å². The van der Waals surface area contributed by atoms with E-state index in [1.807, 2.05) is 30.3 Å². The molecule has 0 fully saturated rings. The van der Waals surface area contributed by atoms with Gasteiger partial charge in [0.1, 0.15) is 0 Å². The first-order valence-corrected chi connectivity index (χ1v) is 4.79. The van der Waals surface area contributed by atoms with Crippen LogP contribution in [0.4, 0.5) is 0 Å². The number of phenols is 2. The number of aldehydes is 1. The van der Waals surface area contributed by atoms with Crippen LogP contribution in [0, 0.1) is 0 Å². The lowest BCUT2D eigenvalue weighted by Gasteiger charge is -2.06. The Hall–Kier alpha value is -2.29. The summed E-state index contributed by atoms with van der Waals surface area (Å²) in [6.45, 7) is 0. The van der Waals surface area contributed by atoms with Crippen molar-refractivity contribution in [1.82, 2.24) is 0 Å². The molecule has 0 saturated carbocycles. The van der Waals surface area contributed by atoms with Gasteiger partial charge in [0.2, 0.25) is 0 Å². The SMILES string of the molecule is O=Cc1cc(-c2ccccc2)cc(O)c1O. The first-order chi connectivity index (χ1) is 7.72. The Morgan fingerprint density at radius 2 is 1.62 bits per heavy atom. The number of hydrogen-bond acceptors (Lipinski definition) is 3. The molecule has 0 aromatic heterocycles. The molecule has 2 aromatic rings. The predicted molar refractivity (Wildman–Crippen MR) is 60.6 cm³/mol. The van der Waals surface area contributed by atoms with Gasteiger partial charge in [0.15, 0.2) is 17.8 Å². The zero-order valence-corrected chi connectivity index (χ0v) is 8.42. The molecule has 0 aliphatic carbocycles. The molecular weight excluding hydrogens is 204 g/mol. The van der Waals surface area contributed by atoms with E-state index in [-0.39, 0.29) is 17.1 Å². The molecule has 2 rings (SSSR count). The van der Waals surface area contributed by atoms with Crippen molar-refractivity contribution in [2.75, 3.05) is 0 Å². The fourth-order valence-electron chi connectivity index (χ4n) is 1.53. The monoisotopic (exact) mass is 214 g/mol. The molecule has 0 aliphatic heterocycles. The second-order valence-electron chi connectivity index (χ2n) is 3.42. The average Bonchev–Trinajstić information content (AvgIpc) is 2.33. The number of hydrogen-bond donors (Lipinski definition) is 2. The molecule has 80 valence electrons. The van der Waals surface area contributed by atoms with Crippen LogP contribution >= 0.6 is 0 Å². The third kappa shape index (κ3) is 1.75. The van der Waals surface area contributed by atoms with Crippen LogP contribution in [0.15, 0.2) is 42.5 Å². The lowest BCUT2D eigenvalue weighted by molar-refractivity contribution is 0.112. The summed E-state index contributed by atoms with van der Waals surface area (Å²) in [4.78, 5) is 10.7. The first-order valence-electron chi connectivity index (χ1n) is 4.79. The van der Waals surface area contributed by atoms with Crippen LogP contribution in [-0.4, -0.2) is 16.5 Å². The fourth-order valence-corrected chi connectivity index (χ4v) is 1.53. The van der Waals surface area contributed by atoms with Crippen molar-refractivity contribution in [3.05, 3.63) is 48.0 Å². The predicted octanol–water partition coefficient (Wildman–Crippen LogP) is 2.58. The van der Waals surface area contributed by atoms with Gasteiger partial charge in [0, 0.05) is 0 Å². The highest BCUT2D eigenvalue weighted by Gasteiger charge is 2.09. The topological polar surface area (TPSA) is 57.5 Å². The largest absolute Gasteiger partial charge is 0.504 e. The van der Waals surface area contributed by atoms with Crippen LogP contribution in [0.25, 0.3) is 11.1 Å². The lowest BCUT2D eigenvalue weighted by atomic mass is 10.0. The molecule has 16 heavy (non-hydrogen) atoms. The van der Waals surface area contributed by atoms with Crippen LogP contribution in [0.3, 0.4) is 0 Å². The van der Waals surface area contributed by atoms with Crippen molar-refractivity contribution in [1.29, 1.82) is 0 Å². The number of carbonyl (C=O) groups excluding carboxylic acids is 1. The maximum atomic E-state index is 10.7. The van der Waals surface area contributed by atoms with Gasteiger partial charge in [-0.2, -0.15) is 0 Å².